The molecule has 0 bridgehead atoms. The highest BCUT2D eigenvalue weighted by molar-refractivity contribution is 5.91. The minimum absolute atomic E-state index is 0.0289. The van der Waals surface area contributed by atoms with Crippen LogP contribution in [0.5, 0.6) is 0 Å². The van der Waals surface area contributed by atoms with Crippen molar-refractivity contribution in [1.29, 1.82) is 0 Å². The minimum atomic E-state index is -0.211. The van der Waals surface area contributed by atoms with Crippen molar-refractivity contribution in [3.05, 3.63) is 42.7 Å². The zero-order chi connectivity index (χ0) is 18.7. The number of aromatic nitrogens is 2. The summed E-state index contributed by atoms with van der Waals surface area (Å²) in [6, 6.07) is 7.96. The van der Waals surface area contributed by atoms with E-state index in [4.69, 9.17) is 4.98 Å². The number of benzene rings is 1. The predicted molar refractivity (Wildman–Crippen MR) is 101 cm³/mol. The van der Waals surface area contributed by atoms with Crippen molar-refractivity contribution in [1.82, 2.24) is 19.4 Å². The third-order valence-electron chi connectivity index (χ3n) is 5.14. The summed E-state index contributed by atoms with van der Waals surface area (Å²) < 4.78 is 2.08. The maximum atomic E-state index is 13.0. The third kappa shape index (κ3) is 3.36. The third-order valence-corrected chi connectivity index (χ3v) is 5.14. The van der Waals surface area contributed by atoms with E-state index >= 15 is 0 Å². The van der Waals surface area contributed by atoms with E-state index in [1.807, 2.05) is 43.1 Å². The number of carbonyl (C=O) groups excluding carboxylic acids is 2. The normalized spacial score (nSPS) is 17.3. The van der Waals surface area contributed by atoms with Crippen LogP contribution >= 0.6 is 0 Å². The Balaban J connectivity index is 1.87. The van der Waals surface area contributed by atoms with Crippen LogP contribution < -0.4 is 0 Å². The zero-order valence-electron chi connectivity index (χ0n) is 15.5. The molecule has 6 heteroatoms. The van der Waals surface area contributed by atoms with Crippen molar-refractivity contribution < 1.29 is 9.59 Å². The Morgan fingerprint density at radius 1 is 1.35 bits per heavy atom. The number of likely N-dealkylation sites (tertiary alicyclic amines) is 1. The highest BCUT2D eigenvalue weighted by Gasteiger charge is 2.32. The SMILES string of the molecule is C=CC(=O)N(CC)CC(=O)N1CCCCC1c1nc2ccccc2n1C. The molecule has 6 nitrogen and oxygen atoms in total. The van der Waals surface area contributed by atoms with Gasteiger partial charge in [-0.1, -0.05) is 18.7 Å². The number of hydrogen-bond acceptors (Lipinski definition) is 3. The molecule has 0 radical (unpaired) electrons. The Morgan fingerprint density at radius 3 is 2.81 bits per heavy atom. The van der Waals surface area contributed by atoms with Gasteiger partial charge in [0.05, 0.1) is 17.1 Å². The number of imidazole rings is 1. The molecule has 1 saturated heterocycles. The lowest BCUT2D eigenvalue weighted by atomic mass is 10.0. The molecule has 2 amide bonds. The predicted octanol–water partition coefficient (Wildman–Crippen LogP) is 2.66. The van der Waals surface area contributed by atoms with Gasteiger partial charge in [-0.2, -0.15) is 0 Å². The second-order valence-corrected chi connectivity index (χ2v) is 6.67. The Bertz CT molecular complexity index is 826. The van der Waals surface area contributed by atoms with Gasteiger partial charge in [0.15, 0.2) is 0 Å². The molecule has 2 aromatic rings. The number of hydrogen-bond donors (Lipinski definition) is 0. The molecule has 0 aliphatic carbocycles. The molecule has 2 heterocycles. The molecular formula is C20H26N4O2. The van der Waals surface area contributed by atoms with E-state index in [1.54, 1.807) is 0 Å². The number of likely N-dealkylation sites (N-methyl/N-ethyl adjacent to an activating group) is 1. The number of aryl methyl sites for hydroxylation is 1. The molecule has 1 aromatic carbocycles. The molecular weight excluding hydrogens is 328 g/mol. The first-order valence-electron chi connectivity index (χ1n) is 9.19. The Kier molecular flexibility index (Phi) is 5.40. The summed E-state index contributed by atoms with van der Waals surface area (Å²) >= 11 is 0. The lowest BCUT2D eigenvalue weighted by Gasteiger charge is -2.36. The van der Waals surface area contributed by atoms with Gasteiger partial charge < -0.3 is 14.4 Å². The van der Waals surface area contributed by atoms with Crippen molar-refractivity contribution in [2.24, 2.45) is 7.05 Å². The van der Waals surface area contributed by atoms with Gasteiger partial charge in [0.25, 0.3) is 0 Å². The summed E-state index contributed by atoms with van der Waals surface area (Å²) in [7, 11) is 2.00. The lowest BCUT2D eigenvalue weighted by molar-refractivity contribution is -0.141. The quantitative estimate of drug-likeness (QED) is 0.776. The second kappa shape index (κ2) is 7.72. The average Bonchev–Trinajstić information content (AvgIpc) is 3.02. The molecule has 0 N–H and O–H groups in total. The van der Waals surface area contributed by atoms with Crippen LogP contribution in [0.2, 0.25) is 0 Å². The fraction of sp³-hybridized carbons (Fsp3) is 0.450. The molecule has 138 valence electrons. The first-order valence-corrected chi connectivity index (χ1v) is 9.19. The Labute approximate surface area is 154 Å². The smallest absolute Gasteiger partial charge is 0.246 e. The number of nitrogens with zero attached hydrogens (tertiary/aromatic N) is 4. The maximum absolute atomic E-state index is 13.0. The van der Waals surface area contributed by atoms with Crippen LogP contribution in [0.15, 0.2) is 36.9 Å². The summed E-state index contributed by atoms with van der Waals surface area (Å²) in [6.45, 7) is 6.66. The number of para-hydroxylation sites is 2. The van der Waals surface area contributed by atoms with Crippen LogP contribution in [0.4, 0.5) is 0 Å². The van der Waals surface area contributed by atoms with Crippen LogP contribution in [0.3, 0.4) is 0 Å². The van der Waals surface area contributed by atoms with Crippen molar-refractivity contribution in [3.63, 3.8) is 0 Å². The molecule has 1 unspecified atom stereocenters. The first-order chi connectivity index (χ1) is 12.6. The van der Waals surface area contributed by atoms with Crippen molar-refractivity contribution >= 4 is 22.8 Å². The number of piperidine rings is 1. The van der Waals surface area contributed by atoms with Gasteiger partial charge in [0.1, 0.15) is 12.4 Å². The van der Waals surface area contributed by atoms with E-state index in [2.05, 4.69) is 11.1 Å². The number of amides is 2. The van der Waals surface area contributed by atoms with Gasteiger partial charge in [0, 0.05) is 20.1 Å². The van der Waals surface area contributed by atoms with Crippen LogP contribution in [-0.2, 0) is 16.6 Å². The number of carbonyl (C=O) groups is 2. The summed E-state index contributed by atoms with van der Waals surface area (Å²) in [6.07, 6.45) is 4.20. The van der Waals surface area contributed by atoms with E-state index < -0.39 is 0 Å². The minimum Gasteiger partial charge on any atom is -0.331 e. The lowest BCUT2D eigenvalue weighted by Crippen LogP contribution is -2.46. The van der Waals surface area contributed by atoms with Crippen molar-refractivity contribution in [2.45, 2.75) is 32.2 Å². The van der Waals surface area contributed by atoms with Gasteiger partial charge in [0.2, 0.25) is 11.8 Å². The van der Waals surface area contributed by atoms with Crippen LogP contribution in [-0.4, -0.2) is 50.8 Å². The van der Waals surface area contributed by atoms with Crippen molar-refractivity contribution in [3.8, 4) is 0 Å². The van der Waals surface area contributed by atoms with E-state index in [0.717, 1.165) is 36.1 Å². The van der Waals surface area contributed by atoms with E-state index in [9.17, 15) is 9.59 Å². The molecule has 1 aliphatic heterocycles. The molecule has 1 aromatic heterocycles. The summed E-state index contributed by atoms with van der Waals surface area (Å²) in [4.78, 5) is 33.1. The van der Waals surface area contributed by atoms with Gasteiger partial charge in [-0.25, -0.2) is 4.98 Å². The topological polar surface area (TPSA) is 58.4 Å². The van der Waals surface area contributed by atoms with Crippen LogP contribution in [0, 0.1) is 0 Å². The molecule has 1 fully saturated rings. The largest absolute Gasteiger partial charge is 0.331 e. The second-order valence-electron chi connectivity index (χ2n) is 6.67. The maximum Gasteiger partial charge on any atom is 0.246 e. The van der Waals surface area contributed by atoms with Gasteiger partial charge in [-0.05, 0) is 44.4 Å². The molecule has 0 spiro atoms. The fourth-order valence-corrected chi connectivity index (χ4v) is 3.69. The molecule has 26 heavy (non-hydrogen) atoms. The highest BCUT2D eigenvalue weighted by Crippen LogP contribution is 2.32. The van der Waals surface area contributed by atoms with Crippen LogP contribution in [0.1, 0.15) is 38.1 Å². The van der Waals surface area contributed by atoms with Crippen molar-refractivity contribution in [2.75, 3.05) is 19.6 Å². The van der Waals surface area contributed by atoms with E-state index in [-0.39, 0.29) is 24.4 Å². The van der Waals surface area contributed by atoms with E-state index in [0.29, 0.717) is 13.1 Å². The molecule has 3 rings (SSSR count). The number of fused-ring (bicyclic) bond motifs is 1. The Morgan fingerprint density at radius 2 is 2.12 bits per heavy atom. The number of rotatable bonds is 5. The summed E-state index contributed by atoms with van der Waals surface area (Å²) in [5, 5.41) is 0. The fourth-order valence-electron chi connectivity index (χ4n) is 3.69. The van der Waals surface area contributed by atoms with Crippen LogP contribution in [0.25, 0.3) is 11.0 Å². The Hall–Kier alpha value is -2.63. The zero-order valence-corrected chi connectivity index (χ0v) is 15.5. The molecule has 1 aliphatic rings. The van der Waals surface area contributed by atoms with E-state index in [1.165, 1.54) is 11.0 Å². The highest BCUT2D eigenvalue weighted by atomic mass is 16.2. The summed E-state index contributed by atoms with van der Waals surface area (Å²) in [5.41, 5.74) is 2.01. The first kappa shape index (κ1) is 18.2. The summed E-state index contributed by atoms with van der Waals surface area (Å²) in [5.74, 6) is 0.674. The van der Waals surface area contributed by atoms with Gasteiger partial charge in [-0.15, -0.1) is 0 Å². The molecule has 0 saturated carbocycles. The molecule has 1 atom stereocenters. The monoisotopic (exact) mass is 354 g/mol. The van der Waals surface area contributed by atoms with Gasteiger partial charge in [-0.3, -0.25) is 9.59 Å². The average molecular weight is 354 g/mol. The standard InChI is InChI=1S/C20H26N4O2/c1-4-18(25)23(5-2)14-19(26)24-13-9-8-12-17(24)20-21-15-10-6-7-11-16(15)22(20)3/h4,6-7,10-11,17H,1,5,8-9,12-14H2,2-3H3. The van der Waals surface area contributed by atoms with Gasteiger partial charge >= 0.3 is 0 Å².